The molecule has 0 aromatic heterocycles. The topological polar surface area (TPSA) is 78.9 Å². The van der Waals surface area contributed by atoms with Gasteiger partial charge in [-0.25, -0.2) is 0 Å². The first-order valence-electron chi connectivity index (χ1n) is 25.6. The van der Waals surface area contributed by atoms with Gasteiger partial charge in [0, 0.05) is 19.3 Å². The number of rotatable bonds is 43. The smallest absolute Gasteiger partial charge is 0.306 e. The van der Waals surface area contributed by atoms with Crippen LogP contribution in [-0.4, -0.2) is 37.2 Å². The molecule has 0 N–H and O–H groups in total. The summed E-state index contributed by atoms with van der Waals surface area (Å²) in [5.41, 5.74) is 0. The number of ether oxygens (including phenoxy) is 3. The van der Waals surface area contributed by atoms with E-state index in [4.69, 9.17) is 14.2 Å². The van der Waals surface area contributed by atoms with Crippen molar-refractivity contribution in [1.82, 2.24) is 0 Å². The minimum atomic E-state index is -0.843. The molecule has 0 fully saturated rings. The fourth-order valence-electron chi connectivity index (χ4n) is 6.20. The van der Waals surface area contributed by atoms with E-state index in [1.54, 1.807) is 0 Å². The van der Waals surface area contributed by atoms with E-state index in [1.807, 2.05) is 103 Å². The van der Waals surface area contributed by atoms with Crippen LogP contribution in [0.1, 0.15) is 181 Å². The second kappa shape index (κ2) is 52.7. The number of hydrogen-bond acceptors (Lipinski definition) is 6. The van der Waals surface area contributed by atoms with Gasteiger partial charge in [-0.3, -0.25) is 14.4 Å². The van der Waals surface area contributed by atoms with E-state index in [2.05, 4.69) is 75.5 Å². The molecule has 66 heavy (non-hydrogen) atoms. The Morgan fingerprint density at radius 2 is 0.712 bits per heavy atom. The molecule has 6 heteroatoms. The van der Waals surface area contributed by atoms with Gasteiger partial charge in [-0.2, -0.15) is 0 Å². The second-order valence-electron chi connectivity index (χ2n) is 16.3. The average Bonchev–Trinajstić information content (AvgIpc) is 3.31. The summed E-state index contributed by atoms with van der Waals surface area (Å²) in [7, 11) is 0. The highest BCUT2D eigenvalue weighted by Gasteiger charge is 2.19. The summed E-state index contributed by atoms with van der Waals surface area (Å²) in [6.07, 6.45) is 76.5. The highest BCUT2D eigenvalue weighted by Crippen LogP contribution is 2.11. The lowest BCUT2D eigenvalue weighted by atomic mass is 10.1. The van der Waals surface area contributed by atoms with Gasteiger partial charge in [0.15, 0.2) is 6.10 Å². The van der Waals surface area contributed by atoms with E-state index in [1.165, 1.54) is 44.9 Å². The Hall–Kier alpha value is -4.97. The SMILES string of the molecule is CC/C=C/C=C/C=C/C=C/C=C/C=C/CCCCCC(=O)OC(COC(=O)CC/C=C/C/C=C/CCCCCCCC)COC(=O)CCCCCCC/C=C/C=C/C=C/C=C/C=C/CCC. The van der Waals surface area contributed by atoms with Crippen molar-refractivity contribution in [3.63, 3.8) is 0 Å². The monoisotopic (exact) mass is 907 g/mol. The predicted molar refractivity (Wildman–Crippen MR) is 283 cm³/mol. The number of hydrogen-bond donors (Lipinski definition) is 0. The first-order valence-corrected chi connectivity index (χ1v) is 25.6. The molecule has 0 saturated carbocycles. The Morgan fingerprint density at radius 1 is 0.333 bits per heavy atom. The Balaban J connectivity index is 4.64. The Morgan fingerprint density at radius 3 is 1.21 bits per heavy atom. The molecule has 0 heterocycles. The van der Waals surface area contributed by atoms with Crippen LogP contribution < -0.4 is 0 Å². The number of unbranched alkanes of at least 4 members (excludes halogenated alkanes) is 15. The van der Waals surface area contributed by atoms with Gasteiger partial charge in [0.25, 0.3) is 0 Å². The number of carbonyl (C=O) groups excluding carboxylic acids is 3. The summed E-state index contributed by atoms with van der Waals surface area (Å²) in [6, 6.07) is 0. The molecule has 0 aliphatic carbocycles. The zero-order valence-electron chi connectivity index (χ0n) is 41.6. The van der Waals surface area contributed by atoms with E-state index < -0.39 is 6.10 Å². The number of carbonyl (C=O) groups is 3. The number of allylic oxidation sites excluding steroid dienone is 26. The summed E-state index contributed by atoms with van der Waals surface area (Å²) in [5.74, 6) is -1.09. The van der Waals surface area contributed by atoms with Crippen molar-refractivity contribution in [2.24, 2.45) is 0 Å². The van der Waals surface area contributed by atoms with Gasteiger partial charge in [-0.15, -0.1) is 0 Å². The second-order valence-corrected chi connectivity index (χ2v) is 16.3. The normalized spacial score (nSPS) is 13.4. The molecule has 0 aliphatic rings. The van der Waals surface area contributed by atoms with Crippen LogP contribution in [0.3, 0.4) is 0 Å². The van der Waals surface area contributed by atoms with Crippen molar-refractivity contribution in [2.75, 3.05) is 13.2 Å². The van der Waals surface area contributed by atoms with Gasteiger partial charge < -0.3 is 14.2 Å². The molecule has 0 aliphatic heterocycles. The molecule has 366 valence electrons. The Bertz CT molecular complexity index is 1560. The summed E-state index contributed by atoms with van der Waals surface area (Å²) in [6.45, 7) is 6.25. The molecule has 0 rings (SSSR count). The van der Waals surface area contributed by atoms with E-state index >= 15 is 0 Å². The quantitative estimate of drug-likeness (QED) is 0.0199. The summed E-state index contributed by atoms with van der Waals surface area (Å²) in [5, 5.41) is 0. The third-order valence-corrected chi connectivity index (χ3v) is 10.0. The van der Waals surface area contributed by atoms with Crippen LogP contribution in [0.15, 0.2) is 158 Å². The third-order valence-electron chi connectivity index (χ3n) is 10.0. The maximum atomic E-state index is 12.8. The summed E-state index contributed by atoms with van der Waals surface area (Å²) in [4.78, 5) is 38.0. The lowest BCUT2D eigenvalue weighted by Crippen LogP contribution is -2.30. The lowest BCUT2D eigenvalue weighted by Gasteiger charge is -2.18. The lowest BCUT2D eigenvalue weighted by molar-refractivity contribution is -0.166. The van der Waals surface area contributed by atoms with Crippen LogP contribution in [0.4, 0.5) is 0 Å². The van der Waals surface area contributed by atoms with Gasteiger partial charge in [0.1, 0.15) is 13.2 Å². The standard InChI is InChI=1S/C60H90O6/c1-4-7-10-13-16-19-22-25-27-29-31-32-35-38-41-44-47-50-53-59(62)65-56-57(55-64-58(61)52-49-46-43-40-37-34-24-21-18-15-12-9-6-3)66-60(63)54-51-48-45-42-39-36-33-30-28-26-23-20-17-14-11-8-5-2/h8,10-11,13-14,16-17,19-20,22-23,25-34,36-37,39,43,46,57H,4-7,9,12,15,18,21,24,35,38,40-42,44-45,47-56H2,1-3H3/b11-8+,13-10+,17-14+,19-16+,23-20+,25-22+,28-26+,29-27+,32-31+,33-30+,37-34+,39-36+,46-43+. The molecular formula is C60H90O6. The molecule has 0 spiro atoms. The van der Waals surface area contributed by atoms with Crippen LogP contribution in [0, 0.1) is 0 Å². The van der Waals surface area contributed by atoms with Crippen LogP contribution >= 0.6 is 0 Å². The van der Waals surface area contributed by atoms with Gasteiger partial charge in [-0.05, 0) is 77.0 Å². The van der Waals surface area contributed by atoms with Gasteiger partial charge in [0.2, 0.25) is 0 Å². The molecule has 0 saturated heterocycles. The average molecular weight is 907 g/mol. The van der Waals surface area contributed by atoms with Gasteiger partial charge in [-0.1, -0.05) is 243 Å². The van der Waals surface area contributed by atoms with E-state index in [0.717, 1.165) is 83.5 Å². The van der Waals surface area contributed by atoms with Crippen LogP contribution in [-0.2, 0) is 28.6 Å². The van der Waals surface area contributed by atoms with Crippen LogP contribution in [0.2, 0.25) is 0 Å². The minimum absolute atomic E-state index is 0.135. The molecule has 0 radical (unpaired) electrons. The number of esters is 3. The maximum absolute atomic E-state index is 12.8. The van der Waals surface area contributed by atoms with Crippen molar-refractivity contribution < 1.29 is 28.6 Å². The summed E-state index contributed by atoms with van der Waals surface area (Å²) < 4.78 is 16.7. The fourth-order valence-corrected chi connectivity index (χ4v) is 6.20. The predicted octanol–water partition coefficient (Wildman–Crippen LogP) is 17.0. The van der Waals surface area contributed by atoms with Gasteiger partial charge >= 0.3 is 17.9 Å². The molecule has 0 aromatic carbocycles. The van der Waals surface area contributed by atoms with E-state index in [-0.39, 0.29) is 44.0 Å². The zero-order valence-corrected chi connectivity index (χ0v) is 41.6. The van der Waals surface area contributed by atoms with Crippen molar-refractivity contribution in [3.05, 3.63) is 158 Å². The Labute approximate surface area is 403 Å². The minimum Gasteiger partial charge on any atom is -0.462 e. The summed E-state index contributed by atoms with van der Waals surface area (Å²) >= 11 is 0. The Kier molecular flexibility index (Phi) is 48.7. The molecule has 0 amide bonds. The van der Waals surface area contributed by atoms with Crippen molar-refractivity contribution in [2.45, 2.75) is 187 Å². The van der Waals surface area contributed by atoms with E-state index in [9.17, 15) is 14.4 Å². The molecular weight excluding hydrogens is 817 g/mol. The maximum Gasteiger partial charge on any atom is 0.306 e. The molecule has 6 nitrogen and oxygen atoms in total. The molecule has 0 bridgehead atoms. The van der Waals surface area contributed by atoms with Crippen LogP contribution in [0.25, 0.3) is 0 Å². The van der Waals surface area contributed by atoms with Crippen molar-refractivity contribution in [1.29, 1.82) is 0 Å². The first kappa shape index (κ1) is 61.0. The molecule has 1 atom stereocenters. The highest BCUT2D eigenvalue weighted by molar-refractivity contribution is 5.71. The fraction of sp³-hybridized carbons (Fsp3) is 0.517. The molecule has 0 aromatic rings. The first-order chi connectivity index (χ1) is 32.5. The molecule has 1 unspecified atom stereocenters. The van der Waals surface area contributed by atoms with Crippen molar-refractivity contribution >= 4 is 17.9 Å². The highest BCUT2D eigenvalue weighted by atomic mass is 16.6. The van der Waals surface area contributed by atoms with Gasteiger partial charge in [0.05, 0.1) is 0 Å². The zero-order chi connectivity index (χ0) is 47.9. The van der Waals surface area contributed by atoms with E-state index in [0.29, 0.717) is 19.3 Å². The third kappa shape index (κ3) is 50.0. The largest absolute Gasteiger partial charge is 0.462 e. The van der Waals surface area contributed by atoms with Crippen molar-refractivity contribution in [3.8, 4) is 0 Å². The van der Waals surface area contributed by atoms with Crippen LogP contribution in [0.5, 0.6) is 0 Å².